The van der Waals surface area contributed by atoms with Crippen LogP contribution < -0.4 is 5.73 Å². The lowest BCUT2D eigenvalue weighted by molar-refractivity contribution is 0.785. The molecule has 0 bridgehead atoms. The van der Waals surface area contributed by atoms with E-state index in [-0.39, 0.29) is 0 Å². The lowest BCUT2D eigenvalue weighted by Crippen LogP contribution is -1.99. The van der Waals surface area contributed by atoms with Gasteiger partial charge in [0.2, 0.25) is 0 Å². The normalized spacial score (nSPS) is 10.4. The quantitative estimate of drug-likeness (QED) is 0.737. The summed E-state index contributed by atoms with van der Waals surface area (Å²) in [4.78, 5) is 0. The number of nitrogens with two attached hydrogens (primary N) is 1. The smallest absolute Gasteiger partial charge is 0.169 e. The maximum absolute atomic E-state index is 5.62. The molecule has 0 fully saturated rings. The predicted molar refractivity (Wildman–Crippen MR) is 55.2 cm³/mol. The summed E-state index contributed by atoms with van der Waals surface area (Å²) in [6, 6.07) is 8.05. The van der Waals surface area contributed by atoms with Gasteiger partial charge in [-0.05, 0) is 31.5 Å². The van der Waals surface area contributed by atoms with E-state index >= 15 is 0 Å². The second-order valence-electron chi connectivity index (χ2n) is 3.31. The van der Waals surface area contributed by atoms with Gasteiger partial charge in [0.25, 0.3) is 0 Å². The molecule has 0 saturated carbocycles. The summed E-state index contributed by atoms with van der Waals surface area (Å²) in [6.07, 6.45) is 0. The molecule has 0 amide bonds. The van der Waals surface area contributed by atoms with Crippen LogP contribution in [0.4, 0.5) is 5.82 Å². The van der Waals surface area contributed by atoms with E-state index in [9.17, 15) is 0 Å². The van der Waals surface area contributed by atoms with Crippen molar-refractivity contribution in [1.82, 2.24) is 15.0 Å². The molecule has 2 aromatic rings. The lowest BCUT2D eigenvalue weighted by Gasteiger charge is -2.03. The third-order valence-corrected chi connectivity index (χ3v) is 2.18. The number of aryl methyl sites for hydroxylation is 1. The minimum atomic E-state index is 0.478. The molecule has 0 atom stereocenters. The highest BCUT2D eigenvalue weighted by atomic mass is 15.4. The van der Waals surface area contributed by atoms with Crippen LogP contribution in [0.3, 0.4) is 0 Å². The molecule has 4 heteroatoms. The molecule has 1 heterocycles. The molecule has 0 aliphatic rings. The maximum atomic E-state index is 5.62. The van der Waals surface area contributed by atoms with Gasteiger partial charge >= 0.3 is 0 Å². The molecule has 2 rings (SSSR count). The van der Waals surface area contributed by atoms with Crippen LogP contribution in [0.25, 0.3) is 5.69 Å². The van der Waals surface area contributed by atoms with Crippen LogP contribution in [0.1, 0.15) is 11.3 Å². The Kier molecular flexibility index (Phi) is 1.96. The lowest BCUT2D eigenvalue weighted by atomic mass is 10.2. The number of hydrogen-bond donors (Lipinski definition) is 1. The number of rotatable bonds is 1. The number of hydrogen-bond acceptors (Lipinski definition) is 3. The van der Waals surface area contributed by atoms with Gasteiger partial charge in [0.05, 0.1) is 11.4 Å². The van der Waals surface area contributed by atoms with Gasteiger partial charge in [-0.25, -0.2) is 4.68 Å². The summed E-state index contributed by atoms with van der Waals surface area (Å²) >= 11 is 0. The third kappa shape index (κ3) is 1.35. The average Bonchev–Trinajstić information content (AvgIpc) is 2.48. The van der Waals surface area contributed by atoms with Crippen molar-refractivity contribution in [3.8, 4) is 5.69 Å². The Balaban J connectivity index is 2.55. The minimum absolute atomic E-state index is 0.478. The third-order valence-electron chi connectivity index (χ3n) is 2.18. The Morgan fingerprint density at radius 1 is 1.29 bits per heavy atom. The molecular weight excluding hydrogens is 176 g/mol. The Bertz CT molecular complexity index is 459. The van der Waals surface area contributed by atoms with Crippen LogP contribution in [-0.2, 0) is 0 Å². The van der Waals surface area contributed by atoms with Gasteiger partial charge in [-0.3, -0.25) is 0 Å². The van der Waals surface area contributed by atoms with E-state index in [0.29, 0.717) is 5.82 Å². The molecule has 0 spiro atoms. The monoisotopic (exact) mass is 188 g/mol. The first-order valence-electron chi connectivity index (χ1n) is 4.43. The molecule has 0 aliphatic carbocycles. The Labute approximate surface area is 82.4 Å². The molecular formula is C10H12N4. The summed E-state index contributed by atoms with van der Waals surface area (Å²) in [5.74, 6) is 0.478. The van der Waals surface area contributed by atoms with Crippen molar-refractivity contribution < 1.29 is 0 Å². The van der Waals surface area contributed by atoms with Gasteiger partial charge in [0.1, 0.15) is 0 Å². The molecule has 0 radical (unpaired) electrons. The van der Waals surface area contributed by atoms with Crippen LogP contribution >= 0.6 is 0 Å². The summed E-state index contributed by atoms with van der Waals surface area (Å²) in [5.41, 5.74) is 8.68. The van der Waals surface area contributed by atoms with E-state index in [2.05, 4.69) is 10.3 Å². The first-order valence-corrected chi connectivity index (χ1v) is 4.43. The van der Waals surface area contributed by atoms with Crippen molar-refractivity contribution in [2.75, 3.05) is 5.73 Å². The Morgan fingerprint density at radius 3 is 2.64 bits per heavy atom. The maximum Gasteiger partial charge on any atom is 0.169 e. The summed E-state index contributed by atoms with van der Waals surface area (Å²) in [6.45, 7) is 3.94. The van der Waals surface area contributed by atoms with Crippen LogP contribution in [0.5, 0.6) is 0 Å². The van der Waals surface area contributed by atoms with E-state index in [4.69, 9.17) is 5.73 Å². The highest BCUT2D eigenvalue weighted by molar-refractivity contribution is 5.41. The number of nitrogen functional groups attached to an aromatic ring is 1. The molecule has 4 nitrogen and oxygen atoms in total. The molecule has 72 valence electrons. The van der Waals surface area contributed by atoms with Crippen molar-refractivity contribution >= 4 is 5.82 Å². The van der Waals surface area contributed by atoms with Crippen LogP contribution in [0, 0.1) is 13.8 Å². The van der Waals surface area contributed by atoms with E-state index < -0.39 is 0 Å². The summed E-state index contributed by atoms with van der Waals surface area (Å²) < 4.78 is 1.74. The SMILES string of the molecule is Cc1cccc(-n2nnc(N)c2C)c1. The highest BCUT2D eigenvalue weighted by Gasteiger charge is 2.06. The second kappa shape index (κ2) is 3.14. The van der Waals surface area contributed by atoms with Crippen molar-refractivity contribution in [3.63, 3.8) is 0 Å². The molecule has 1 aromatic carbocycles. The van der Waals surface area contributed by atoms with Crippen LogP contribution in [0.15, 0.2) is 24.3 Å². The summed E-state index contributed by atoms with van der Waals surface area (Å²) in [5, 5.41) is 7.78. The Hall–Kier alpha value is -1.84. The molecule has 0 unspecified atom stereocenters. The number of anilines is 1. The van der Waals surface area contributed by atoms with Crippen LogP contribution in [0.2, 0.25) is 0 Å². The predicted octanol–water partition coefficient (Wildman–Crippen LogP) is 1.47. The van der Waals surface area contributed by atoms with Gasteiger partial charge in [-0.1, -0.05) is 17.3 Å². The van der Waals surface area contributed by atoms with E-state index in [1.807, 2.05) is 38.1 Å². The standard InChI is InChI=1S/C10H12N4/c1-7-4-3-5-9(6-7)14-8(2)10(11)12-13-14/h3-6H,11H2,1-2H3. The molecule has 14 heavy (non-hydrogen) atoms. The second-order valence-corrected chi connectivity index (χ2v) is 3.31. The fourth-order valence-corrected chi connectivity index (χ4v) is 1.35. The van der Waals surface area contributed by atoms with Gasteiger partial charge in [-0.15, -0.1) is 5.10 Å². The van der Waals surface area contributed by atoms with Gasteiger partial charge < -0.3 is 5.73 Å². The number of benzene rings is 1. The zero-order chi connectivity index (χ0) is 10.1. The first-order chi connectivity index (χ1) is 6.68. The van der Waals surface area contributed by atoms with E-state index in [1.54, 1.807) is 4.68 Å². The van der Waals surface area contributed by atoms with E-state index in [0.717, 1.165) is 11.4 Å². The fourth-order valence-electron chi connectivity index (χ4n) is 1.35. The molecule has 0 saturated heterocycles. The molecule has 1 aromatic heterocycles. The Morgan fingerprint density at radius 2 is 2.07 bits per heavy atom. The minimum Gasteiger partial charge on any atom is -0.381 e. The largest absolute Gasteiger partial charge is 0.381 e. The van der Waals surface area contributed by atoms with Crippen molar-refractivity contribution in [1.29, 1.82) is 0 Å². The zero-order valence-corrected chi connectivity index (χ0v) is 8.23. The van der Waals surface area contributed by atoms with Crippen molar-refractivity contribution in [3.05, 3.63) is 35.5 Å². The first kappa shape index (κ1) is 8.74. The van der Waals surface area contributed by atoms with Gasteiger partial charge in [-0.2, -0.15) is 0 Å². The number of aromatic nitrogens is 3. The van der Waals surface area contributed by atoms with Gasteiger partial charge in [0, 0.05) is 0 Å². The van der Waals surface area contributed by atoms with Crippen molar-refractivity contribution in [2.45, 2.75) is 13.8 Å². The fraction of sp³-hybridized carbons (Fsp3) is 0.200. The number of nitrogens with zero attached hydrogens (tertiary/aromatic N) is 3. The van der Waals surface area contributed by atoms with Gasteiger partial charge in [0.15, 0.2) is 5.82 Å². The van der Waals surface area contributed by atoms with Crippen molar-refractivity contribution in [2.24, 2.45) is 0 Å². The topological polar surface area (TPSA) is 56.7 Å². The molecule has 2 N–H and O–H groups in total. The molecule has 0 aliphatic heterocycles. The van der Waals surface area contributed by atoms with Crippen LogP contribution in [-0.4, -0.2) is 15.0 Å². The average molecular weight is 188 g/mol. The summed E-state index contributed by atoms with van der Waals surface area (Å²) in [7, 11) is 0. The zero-order valence-electron chi connectivity index (χ0n) is 8.23. The van der Waals surface area contributed by atoms with E-state index in [1.165, 1.54) is 5.56 Å². The highest BCUT2D eigenvalue weighted by Crippen LogP contribution is 2.13.